The SMILES string of the molecule is CC1(C)CN(C(=O)Cc2cc(Br)cs2)CCN1. The second-order valence-corrected chi connectivity index (χ2v) is 6.95. The van der Waals surface area contributed by atoms with Gasteiger partial charge < -0.3 is 10.2 Å². The molecule has 0 spiro atoms. The van der Waals surface area contributed by atoms with Crippen molar-refractivity contribution in [3.63, 3.8) is 0 Å². The highest BCUT2D eigenvalue weighted by atomic mass is 79.9. The first-order valence-corrected chi connectivity index (χ1v) is 7.39. The Bertz CT molecular complexity index is 416. The number of piperazine rings is 1. The van der Waals surface area contributed by atoms with Crippen LogP contribution in [0.5, 0.6) is 0 Å². The summed E-state index contributed by atoms with van der Waals surface area (Å²) in [6.45, 7) is 6.75. The van der Waals surface area contributed by atoms with E-state index >= 15 is 0 Å². The lowest BCUT2D eigenvalue weighted by Gasteiger charge is -2.39. The second kappa shape index (κ2) is 5.08. The summed E-state index contributed by atoms with van der Waals surface area (Å²) in [6.07, 6.45) is 0.520. The largest absolute Gasteiger partial charge is 0.339 e. The number of carbonyl (C=O) groups is 1. The number of thiophene rings is 1. The smallest absolute Gasteiger partial charge is 0.227 e. The molecule has 1 fully saturated rings. The molecule has 2 rings (SSSR count). The molecule has 0 saturated carbocycles. The number of hydrogen-bond acceptors (Lipinski definition) is 3. The zero-order valence-electron chi connectivity index (χ0n) is 10.1. The van der Waals surface area contributed by atoms with Crippen molar-refractivity contribution >= 4 is 33.2 Å². The lowest BCUT2D eigenvalue weighted by atomic mass is 10.0. The van der Waals surface area contributed by atoms with Gasteiger partial charge in [-0.1, -0.05) is 0 Å². The third kappa shape index (κ3) is 3.53. The molecule has 1 N–H and O–H groups in total. The van der Waals surface area contributed by atoms with Crippen LogP contribution in [0.4, 0.5) is 0 Å². The molecule has 1 saturated heterocycles. The van der Waals surface area contributed by atoms with Gasteiger partial charge in [0.05, 0.1) is 6.42 Å². The van der Waals surface area contributed by atoms with Gasteiger partial charge in [-0.3, -0.25) is 4.79 Å². The third-order valence-corrected chi connectivity index (χ3v) is 4.57. The van der Waals surface area contributed by atoms with Crippen LogP contribution < -0.4 is 5.32 Å². The molecule has 0 atom stereocenters. The van der Waals surface area contributed by atoms with E-state index in [1.54, 1.807) is 11.3 Å². The summed E-state index contributed by atoms with van der Waals surface area (Å²) in [7, 11) is 0. The average Bonchev–Trinajstić information content (AvgIpc) is 2.62. The van der Waals surface area contributed by atoms with E-state index in [0.717, 1.165) is 29.0 Å². The van der Waals surface area contributed by atoms with E-state index in [-0.39, 0.29) is 11.4 Å². The monoisotopic (exact) mass is 316 g/mol. The molecular formula is C12H17BrN2OS. The average molecular weight is 317 g/mol. The van der Waals surface area contributed by atoms with Crippen LogP contribution in [-0.2, 0) is 11.2 Å². The molecule has 1 aromatic heterocycles. The fourth-order valence-electron chi connectivity index (χ4n) is 2.06. The summed E-state index contributed by atoms with van der Waals surface area (Å²) in [5.41, 5.74) is 0.0317. The molecule has 0 aromatic carbocycles. The number of nitrogens with zero attached hydrogens (tertiary/aromatic N) is 1. The van der Waals surface area contributed by atoms with E-state index in [4.69, 9.17) is 0 Å². The maximum absolute atomic E-state index is 12.2. The van der Waals surface area contributed by atoms with Crippen molar-refractivity contribution in [3.05, 3.63) is 20.8 Å². The van der Waals surface area contributed by atoms with E-state index in [2.05, 4.69) is 35.1 Å². The fourth-order valence-corrected chi connectivity index (χ4v) is 3.50. The molecule has 5 heteroatoms. The summed E-state index contributed by atoms with van der Waals surface area (Å²) in [5, 5.41) is 5.43. The predicted octanol–water partition coefficient (Wildman–Crippen LogP) is 2.26. The Kier molecular flexibility index (Phi) is 3.90. The lowest BCUT2D eigenvalue weighted by molar-refractivity contribution is -0.132. The van der Waals surface area contributed by atoms with Crippen LogP contribution in [0.15, 0.2) is 15.9 Å². The third-order valence-electron chi connectivity index (χ3n) is 2.87. The topological polar surface area (TPSA) is 32.3 Å². The minimum atomic E-state index is 0.0317. The highest BCUT2D eigenvalue weighted by Crippen LogP contribution is 2.21. The molecule has 1 aromatic rings. The Hall–Kier alpha value is -0.390. The zero-order chi connectivity index (χ0) is 12.5. The van der Waals surface area contributed by atoms with Crippen molar-refractivity contribution in [2.75, 3.05) is 19.6 Å². The van der Waals surface area contributed by atoms with Gasteiger partial charge in [0.15, 0.2) is 0 Å². The van der Waals surface area contributed by atoms with E-state index in [9.17, 15) is 4.79 Å². The van der Waals surface area contributed by atoms with Gasteiger partial charge in [0.25, 0.3) is 0 Å². The first kappa shape index (κ1) is 13.1. The minimum absolute atomic E-state index is 0.0317. The highest BCUT2D eigenvalue weighted by molar-refractivity contribution is 9.10. The van der Waals surface area contributed by atoms with Gasteiger partial charge in [-0.25, -0.2) is 0 Å². The Balaban J connectivity index is 1.96. The molecule has 0 unspecified atom stereocenters. The standard InChI is InChI=1S/C12H17BrN2OS/c1-12(2)8-15(4-3-14-12)11(16)6-10-5-9(13)7-17-10/h5,7,14H,3-4,6,8H2,1-2H3. The van der Waals surface area contributed by atoms with Gasteiger partial charge in [-0.05, 0) is 35.8 Å². The molecule has 94 valence electrons. The van der Waals surface area contributed by atoms with Crippen LogP contribution in [0.1, 0.15) is 18.7 Å². The second-order valence-electron chi connectivity index (χ2n) is 5.03. The minimum Gasteiger partial charge on any atom is -0.339 e. The molecule has 3 nitrogen and oxygen atoms in total. The quantitative estimate of drug-likeness (QED) is 0.907. The molecule has 2 heterocycles. The Labute approximate surface area is 114 Å². The van der Waals surface area contributed by atoms with Gasteiger partial charge in [0, 0.05) is 39.9 Å². The number of hydrogen-bond donors (Lipinski definition) is 1. The predicted molar refractivity (Wildman–Crippen MR) is 74.4 cm³/mol. The number of carbonyl (C=O) groups excluding carboxylic acids is 1. The van der Waals surface area contributed by atoms with Crippen LogP contribution in [0.2, 0.25) is 0 Å². The van der Waals surface area contributed by atoms with Crippen molar-refractivity contribution in [3.8, 4) is 0 Å². The van der Waals surface area contributed by atoms with Crippen LogP contribution in [0.3, 0.4) is 0 Å². The van der Waals surface area contributed by atoms with Gasteiger partial charge in [0.2, 0.25) is 5.91 Å². The van der Waals surface area contributed by atoms with Crippen molar-refractivity contribution < 1.29 is 4.79 Å². The van der Waals surface area contributed by atoms with Gasteiger partial charge in [-0.2, -0.15) is 0 Å². The summed E-state index contributed by atoms with van der Waals surface area (Å²) in [5.74, 6) is 0.230. The normalized spacial score (nSPS) is 19.4. The fraction of sp³-hybridized carbons (Fsp3) is 0.583. The molecule has 1 aliphatic rings. The molecule has 0 aliphatic carbocycles. The molecule has 0 bridgehead atoms. The number of amides is 1. The summed E-state index contributed by atoms with van der Waals surface area (Å²) in [6, 6.07) is 2.02. The van der Waals surface area contributed by atoms with E-state index < -0.39 is 0 Å². The highest BCUT2D eigenvalue weighted by Gasteiger charge is 2.28. The van der Waals surface area contributed by atoms with Crippen molar-refractivity contribution in [1.29, 1.82) is 0 Å². The van der Waals surface area contributed by atoms with Gasteiger partial charge >= 0.3 is 0 Å². The van der Waals surface area contributed by atoms with Crippen molar-refractivity contribution in [2.45, 2.75) is 25.8 Å². The first-order valence-electron chi connectivity index (χ1n) is 5.72. The maximum Gasteiger partial charge on any atom is 0.227 e. The van der Waals surface area contributed by atoms with Crippen LogP contribution >= 0.6 is 27.3 Å². The van der Waals surface area contributed by atoms with Gasteiger partial charge in [0.1, 0.15) is 0 Å². The maximum atomic E-state index is 12.2. The zero-order valence-corrected chi connectivity index (χ0v) is 12.5. The molecule has 17 heavy (non-hydrogen) atoms. The first-order chi connectivity index (χ1) is 7.96. The number of nitrogens with one attached hydrogen (secondary N) is 1. The van der Waals surface area contributed by atoms with E-state index in [0.29, 0.717) is 6.42 Å². The number of halogens is 1. The molecule has 0 radical (unpaired) electrons. The molecule has 1 amide bonds. The Morgan fingerprint density at radius 2 is 2.41 bits per heavy atom. The summed E-state index contributed by atoms with van der Waals surface area (Å²) < 4.78 is 1.06. The lowest BCUT2D eigenvalue weighted by Crippen LogP contribution is -2.58. The van der Waals surface area contributed by atoms with Crippen molar-refractivity contribution in [2.24, 2.45) is 0 Å². The van der Waals surface area contributed by atoms with Crippen molar-refractivity contribution in [1.82, 2.24) is 10.2 Å². The molecule has 1 aliphatic heterocycles. The summed E-state index contributed by atoms with van der Waals surface area (Å²) >= 11 is 5.04. The van der Waals surface area contributed by atoms with Crippen LogP contribution in [-0.4, -0.2) is 36.0 Å². The Morgan fingerprint density at radius 3 is 3.00 bits per heavy atom. The van der Waals surface area contributed by atoms with E-state index in [1.165, 1.54) is 0 Å². The summed E-state index contributed by atoms with van der Waals surface area (Å²) in [4.78, 5) is 15.2. The van der Waals surface area contributed by atoms with E-state index in [1.807, 2.05) is 16.3 Å². The van der Waals surface area contributed by atoms with Crippen LogP contribution in [0.25, 0.3) is 0 Å². The number of rotatable bonds is 2. The Morgan fingerprint density at radius 1 is 1.65 bits per heavy atom. The molecular weight excluding hydrogens is 300 g/mol. The van der Waals surface area contributed by atoms with Gasteiger partial charge in [-0.15, -0.1) is 11.3 Å². The van der Waals surface area contributed by atoms with Crippen LogP contribution in [0, 0.1) is 0 Å².